The molecular formula is C20H22FN3O4. The number of halogens is 1. The number of fused-ring (bicyclic) bond motifs is 1. The number of benzene rings is 1. The van der Waals surface area contributed by atoms with Crippen molar-refractivity contribution in [1.82, 2.24) is 10.2 Å². The summed E-state index contributed by atoms with van der Waals surface area (Å²) in [5, 5.41) is 2.15. The van der Waals surface area contributed by atoms with Gasteiger partial charge in [0.15, 0.2) is 0 Å². The molecule has 4 amide bonds. The molecule has 148 valence electrons. The number of imide groups is 2. The van der Waals surface area contributed by atoms with Crippen molar-refractivity contribution in [2.75, 3.05) is 11.9 Å². The first kappa shape index (κ1) is 18.6. The van der Waals surface area contributed by atoms with Gasteiger partial charge in [0.2, 0.25) is 11.8 Å². The van der Waals surface area contributed by atoms with Crippen LogP contribution in [0.2, 0.25) is 0 Å². The van der Waals surface area contributed by atoms with Crippen LogP contribution in [0.3, 0.4) is 0 Å². The minimum atomic E-state index is -1.05. The van der Waals surface area contributed by atoms with Crippen LogP contribution >= 0.6 is 0 Å². The summed E-state index contributed by atoms with van der Waals surface area (Å²) in [4.78, 5) is 51.8. The largest absolute Gasteiger partial charge is 0.369 e. The van der Waals surface area contributed by atoms with E-state index >= 15 is 0 Å². The van der Waals surface area contributed by atoms with E-state index in [9.17, 15) is 23.6 Å². The molecule has 1 unspecified atom stereocenters. The Balaban J connectivity index is 1.65. The van der Waals surface area contributed by atoms with Crippen LogP contribution < -0.4 is 10.2 Å². The number of amides is 4. The maximum atomic E-state index is 14.8. The van der Waals surface area contributed by atoms with E-state index in [1.807, 2.05) is 4.90 Å². The molecule has 0 bridgehead atoms. The van der Waals surface area contributed by atoms with Crippen LogP contribution in [0, 0.1) is 5.82 Å². The number of nitrogens with zero attached hydrogens (tertiary/aromatic N) is 2. The lowest BCUT2D eigenvalue weighted by atomic mass is 9.94. The number of hydrogen-bond acceptors (Lipinski definition) is 5. The summed E-state index contributed by atoms with van der Waals surface area (Å²) in [5.74, 6) is -2.97. The number of piperidine rings is 1. The first-order valence-corrected chi connectivity index (χ1v) is 9.66. The zero-order valence-corrected chi connectivity index (χ0v) is 15.7. The van der Waals surface area contributed by atoms with Crippen molar-refractivity contribution in [2.45, 2.75) is 57.0 Å². The molecule has 1 saturated heterocycles. The van der Waals surface area contributed by atoms with Gasteiger partial charge in [0.25, 0.3) is 11.8 Å². The summed E-state index contributed by atoms with van der Waals surface area (Å²) in [6.07, 6.45) is 5.39. The van der Waals surface area contributed by atoms with E-state index in [-0.39, 0.29) is 35.7 Å². The standard InChI is InChI=1S/C20H22FN3O4/c1-23(11-5-3-2-4-6-11)16-10-13-12(9-14(16)21)19(27)24(20(13)28)15-7-8-17(25)22-18(15)26/h9-11,15H,2-8H2,1H3,(H,22,25,26). The van der Waals surface area contributed by atoms with Gasteiger partial charge in [-0.2, -0.15) is 0 Å². The summed E-state index contributed by atoms with van der Waals surface area (Å²) in [7, 11) is 1.81. The first-order valence-electron chi connectivity index (χ1n) is 9.66. The molecule has 0 spiro atoms. The Morgan fingerprint density at radius 2 is 1.64 bits per heavy atom. The van der Waals surface area contributed by atoms with Gasteiger partial charge in [0, 0.05) is 19.5 Å². The highest BCUT2D eigenvalue weighted by atomic mass is 19.1. The highest BCUT2D eigenvalue weighted by Crippen LogP contribution is 2.34. The topological polar surface area (TPSA) is 86.8 Å². The van der Waals surface area contributed by atoms with E-state index in [1.165, 1.54) is 12.5 Å². The zero-order valence-electron chi connectivity index (χ0n) is 15.7. The Bertz CT molecular complexity index is 878. The van der Waals surface area contributed by atoms with Crippen molar-refractivity contribution < 1.29 is 23.6 Å². The molecule has 4 rings (SSSR count). The number of carbonyl (C=O) groups excluding carboxylic acids is 4. The second-order valence-electron chi connectivity index (χ2n) is 7.70. The number of nitrogens with one attached hydrogen (secondary N) is 1. The van der Waals surface area contributed by atoms with Crippen molar-refractivity contribution in [3.05, 3.63) is 29.1 Å². The van der Waals surface area contributed by atoms with Gasteiger partial charge in [-0.1, -0.05) is 19.3 Å². The van der Waals surface area contributed by atoms with Gasteiger partial charge in [-0.25, -0.2) is 4.39 Å². The van der Waals surface area contributed by atoms with Crippen LogP contribution in [0.1, 0.15) is 65.7 Å². The van der Waals surface area contributed by atoms with Crippen LogP contribution in [0.15, 0.2) is 12.1 Å². The molecule has 1 aliphatic carbocycles. The molecule has 1 aromatic rings. The molecule has 0 aromatic heterocycles. The smallest absolute Gasteiger partial charge is 0.262 e. The summed E-state index contributed by atoms with van der Waals surface area (Å²) >= 11 is 0. The Labute approximate surface area is 161 Å². The van der Waals surface area contributed by atoms with Crippen LogP contribution in [0.4, 0.5) is 10.1 Å². The lowest BCUT2D eigenvalue weighted by molar-refractivity contribution is -0.136. The van der Waals surface area contributed by atoms with Gasteiger partial charge in [-0.05, 0) is 31.4 Å². The number of rotatable bonds is 3. The third kappa shape index (κ3) is 2.96. The van der Waals surface area contributed by atoms with E-state index in [1.54, 1.807) is 7.05 Å². The number of hydrogen-bond donors (Lipinski definition) is 1. The average molecular weight is 387 g/mol. The maximum absolute atomic E-state index is 14.8. The molecule has 7 nitrogen and oxygen atoms in total. The normalized spacial score (nSPS) is 23.1. The van der Waals surface area contributed by atoms with Gasteiger partial charge in [-0.15, -0.1) is 0 Å². The van der Waals surface area contributed by atoms with Crippen molar-refractivity contribution in [3.63, 3.8) is 0 Å². The van der Waals surface area contributed by atoms with Crippen LogP contribution in [-0.2, 0) is 9.59 Å². The number of carbonyl (C=O) groups is 4. The third-order valence-electron chi connectivity index (χ3n) is 6.01. The molecule has 1 saturated carbocycles. The Morgan fingerprint density at radius 3 is 2.29 bits per heavy atom. The molecule has 2 fully saturated rings. The van der Waals surface area contributed by atoms with Crippen molar-refractivity contribution in [3.8, 4) is 0 Å². The molecule has 0 radical (unpaired) electrons. The maximum Gasteiger partial charge on any atom is 0.262 e. The van der Waals surface area contributed by atoms with Gasteiger partial charge >= 0.3 is 0 Å². The van der Waals surface area contributed by atoms with Gasteiger partial charge in [-0.3, -0.25) is 29.4 Å². The fraction of sp³-hybridized carbons (Fsp3) is 0.500. The lowest BCUT2D eigenvalue weighted by Crippen LogP contribution is -2.54. The zero-order chi connectivity index (χ0) is 20.0. The van der Waals surface area contributed by atoms with Crippen LogP contribution in [0.25, 0.3) is 0 Å². The van der Waals surface area contributed by atoms with Gasteiger partial charge in [0.1, 0.15) is 11.9 Å². The van der Waals surface area contributed by atoms with E-state index in [0.29, 0.717) is 0 Å². The predicted octanol–water partition coefficient (Wildman–Crippen LogP) is 2.00. The summed E-state index contributed by atoms with van der Waals surface area (Å²) in [6, 6.07) is 1.66. The Hall–Kier alpha value is -2.77. The van der Waals surface area contributed by atoms with Crippen LogP contribution in [-0.4, -0.2) is 47.7 Å². The average Bonchev–Trinajstić information content (AvgIpc) is 2.91. The van der Waals surface area contributed by atoms with Crippen molar-refractivity contribution in [1.29, 1.82) is 0 Å². The lowest BCUT2D eigenvalue weighted by Gasteiger charge is -2.33. The molecule has 8 heteroatoms. The minimum absolute atomic E-state index is 0.0343. The van der Waals surface area contributed by atoms with Gasteiger partial charge in [0.05, 0.1) is 16.8 Å². The second kappa shape index (κ2) is 7.00. The van der Waals surface area contributed by atoms with E-state index in [2.05, 4.69) is 5.32 Å². The second-order valence-corrected chi connectivity index (χ2v) is 7.70. The highest BCUT2D eigenvalue weighted by Gasteiger charge is 2.45. The fourth-order valence-corrected chi connectivity index (χ4v) is 4.41. The Morgan fingerprint density at radius 1 is 1.00 bits per heavy atom. The first-order chi connectivity index (χ1) is 13.4. The molecule has 1 N–H and O–H groups in total. The van der Waals surface area contributed by atoms with E-state index in [4.69, 9.17) is 0 Å². The SMILES string of the molecule is CN(c1cc2c(cc1F)C(=O)N(C1CCC(=O)NC1=O)C2=O)C1CCCCC1. The molecular weight excluding hydrogens is 365 g/mol. The monoisotopic (exact) mass is 387 g/mol. The molecule has 1 aromatic carbocycles. The van der Waals surface area contributed by atoms with E-state index < -0.39 is 35.5 Å². The highest BCUT2D eigenvalue weighted by molar-refractivity contribution is 6.23. The third-order valence-corrected chi connectivity index (χ3v) is 6.01. The molecule has 1 atom stereocenters. The summed E-state index contributed by atoms with van der Waals surface area (Å²) < 4.78 is 14.8. The van der Waals surface area contributed by atoms with Crippen molar-refractivity contribution >= 4 is 29.3 Å². The molecule has 2 heterocycles. The molecule has 3 aliphatic rings. The molecule has 2 aliphatic heterocycles. The quantitative estimate of drug-likeness (QED) is 0.802. The number of anilines is 1. The Kier molecular flexibility index (Phi) is 4.64. The predicted molar refractivity (Wildman–Crippen MR) is 98.3 cm³/mol. The van der Waals surface area contributed by atoms with E-state index in [0.717, 1.165) is 36.6 Å². The van der Waals surface area contributed by atoms with Gasteiger partial charge < -0.3 is 4.90 Å². The van der Waals surface area contributed by atoms with Crippen molar-refractivity contribution in [2.24, 2.45) is 0 Å². The fourth-order valence-electron chi connectivity index (χ4n) is 4.41. The molecule has 28 heavy (non-hydrogen) atoms. The summed E-state index contributed by atoms with van der Waals surface area (Å²) in [5.41, 5.74) is 0.360. The van der Waals surface area contributed by atoms with Crippen LogP contribution in [0.5, 0.6) is 0 Å². The minimum Gasteiger partial charge on any atom is -0.369 e. The summed E-state index contributed by atoms with van der Waals surface area (Å²) in [6.45, 7) is 0.